The van der Waals surface area contributed by atoms with E-state index in [-0.39, 0.29) is 18.3 Å². The number of carbonyl (C=O) groups is 1. The second kappa shape index (κ2) is 7.64. The zero-order valence-electron chi connectivity index (χ0n) is 14.1. The summed E-state index contributed by atoms with van der Waals surface area (Å²) in [7, 11) is 4.13. The first-order chi connectivity index (χ1) is 10.6. The zero-order valence-corrected chi connectivity index (χ0v) is 14.9. The summed E-state index contributed by atoms with van der Waals surface area (Å²) in [4.78, 5) is 17.7. The zero-order chi connectivity index (χ0) is 15.6. The smallest absolute Gasteiger partial charge is 0.250 e. The fourth-order valence-corrected chi connectivity index (χ4v) is 3.78. The molecule has 2 aliphatic heterocycles. The molecule has 23 heavy (non-hydrogen) atoms. The van der Waals surface area contributed by atoms with Crippen LogP contribution in [0.15, 0.2) is 18.5 Å². The largest absolute Gasteiger partial charge is 0.341 e. The molecule has 0 unspecified atom stereocenters. The predicted molar refractivity (Wildman–Crippen MR) is 92.8 cm³/mol. The Morgan fingerprint density at radius 1 is 1.30 bits per heavy atom. The third-order valence-electron chi connectivity index (χ3n) is 5.33. The van der Waals surface area contributed by atoms with Crippen LogP contribution >= 0.6 is 12.4 Å². The van der Waals surface area contributed by atoms with Crippen LogP contribution < -0.4 is 5.32 Å². The molecule has 1 amide bonds. The fraction of sp³-hybridized carbons (Fsp3) is 0.750. The standard InChI is InChI=1S/C16H27N5O.ClH/c1-19-12-4-14(5-13-19)20(2)15(22)16(6-9-17-10-7-16)21-11-3-8-18-21;/h3,8,11,14,17H,4-7,9-10,12-13H2,1-2H3;1H. The number of nitrogens with zero attached hydrogens (tertiary/aromatic N) is 4. The van der Waals surface area contributed by atoms with Crippen molar-refractivity contribution in [3.05, 3.63) is 18.5 Å². The van der Waals surface area contributed by atoms with Crippen LogP contribution in [0.1, 0.15) is 25.7 Å². The minimum atomic E-state index is -0.507. The lowest BCUT2D eigenvalue weighted by Gasteiger charge is -2.43. The van der Waals surface area contributed by atoms with E-state index in [1.807, 2.05) is 28.9 Å². The van der Waals surface area contributed by atoms with E-state index in [1.165, 1.54) is 0 Å². The molecule has 130 valence electrons. The van der Waals surface area contributed by atoms with E-state index in [9.17, 15) is 4.79 Å². The molecule has 0 aliphatic carbocycles. The van der Waals surface area contributed by atoms with Gasteiger partial charge in [-0.1, -0.05) is 0 Å². The maximum atomic E-state index is 13.3. The first-order valence-electron chi connectivity index (χ1n) is 8.30. The number of hydrogen-bond donors (Lipinski definition) is 1. The quantitative estimate of drug-likeness (QED) is 0.889. The number of rotatable bonds is 3. The van der Waals surface area contributed by atoms with Gasteiger partial charge < -0.3 is 15.1 Å². The Kier molecular flexibility index (Phi) is 6.06. The highest BCUT2D eigenvalue weighted by Crippen LogP contribution is 2.30. The molecule has 6 nitrogen and oxygen atoms in total. The van der Waals surface area contributed by atoms with Crippen molar-refractivity contribution in [3.63, 3.8) is 0 Å². The second-order valence-corrected chi connectivity index (χ2v) is 6.68. The maximum Gasteiger partial charge on any atom is 0.250 e. The van der Waals surface area contributed by atoms with Crippen molar-refractivity contribution in [2.45, 2.75) is 37.3 Å². The summed E-state index contributed by atoms with van der Waals surface area (Å²) < 4.78 is 1.89. The van der Waals surface area contributed by atoms with Gasteiger partial charge in [0.05, 0.1) is 0 Å². The number of halogens is 1. The van der Waals surface area contributed by atoms with Crippen molar-refractivity contribution < 1.29 is 4.79 Å². The first-order valence-corrected chi connectivity index (χ1v) is 8.30. The number of likely N-dealkylation sites (N-methyl/N-ethyl adjacent to an activating group) is 1. The molecule has 0 saturated carbocycles. The van der Waals surface area contributed by atoms with Crippen molar-refractivity contribution in [2.24, 2.45) is 0 Å². The van der Waals surface area contributed by atoms with E-state index in [0.717, 1.165) is 51.9 Å². The van der Waals surface area contributed by atoms with Crippen molar-refractivity contribution >= 4 is 18.3 Å². The summed E-state index contributed by atoms with van der Waals surface area (Å²) in [5, 5.41) is 7.77. The molecule has 1 N–H and O–H groups in total. The lowest BCUT2D eigenvalue weighted by molar-refractivity contribution is -0.144. The number of nitrogens with one attached hydrogen (secondary N) is 1. The molecule has 0 radical (unpaired) electrons. The number of hydrogen-bond acceptors (Lipinski definition) is 4. The van der Waals surface area contributed by atoms with Crippen LogP contribution in [0, 0.1) is 0 Å². The average molecular weight is 342 g/mol. The Morgan fingerprint density at radius 2 is 1.96 bits per heavy atom. The van der Waals surface area contributed by atoms with Crippen molar-refractivity contribution in [3.8, 4) is 0 Å². The number of aromatic nitrogens is 2. The second-order valence-electron chi connectivity index (χ2n) is 6.68. The third-order valence-corrected chi connectivity index (χ3v) is 5.33. The summed E-state index contributed by atoms with van der Waals surface area (Å²) in [5.74, 6) is 0.229. The van der Waals surface area contributed by atoms with Crippen molar-refractivity contribution in [2.75, 3.05) is 40.3 Å². The van der Waals surface area contributed by atoms with E-state index >= 15 is 0 Å². The van der Waals surface area contributed by atoms with Crippen molar-refractivity contribution in [1.29, 1.82) is 0 Å². The molecule has 7 heteroatoms. The van der Waals surface area contributed by atoms with Crippen LogP contribution in [0.4, 0.5) is 0 Å². The van der Waals surface area contributed by atoms with E-state index in [0.29, 0.717) is 6.04 Å². The number of likely N-dealkylation sites (tertiary alicyclic amines) is 1. The molecule has 3 rings (SSSR count). The molecule has 2 fully saturated rings. The molecular formula is C16H28ClN5O. The minimum absolute atomic E-state index is 0. The molecular weight excluding hydrogens is 314 g/mol. The van der Waals surface area contributed by atoms with Crippen LogP contribution in [-0.4, -0.2) is 71.8 Å². The van der Waals surface area contributed by atoms with Crippen LogP contribution in [0.3, 0.4) is 0 Å². The monoisotopic (exact) mass is 341 g/mol. The van der Waals surface area contributed by atoms with Crippen molar-refractivity contribution in [1.82, 2.24) is 24.9 Å². The summed E-state index contributed by atoms with van der Waals surface area (Å²) in [6, 6.07) is 2.26. The Bertz CT molecular complexity index is 493. The van der Waals surface area contributed by atoms with E-state index in [1.54, 1.807) is 6.20 Å². The van der Waals surface area contributed by atoms with Gasteiger partial charge in [0.25, 0.3) is 5.91 Å². The molecule has 1 aromatic heterocycles. The van der Waals surface area contributed by atoms with E-state index < -0.39 is 5.54 Å². The number of amides is 1. The molecule has 2 saturated heterocycles. The van der Waals surface area contributed by atoms with Gasteiger partial charge in [-0.15, -0.1) is 12.4 Å². The lowest BCUT2D eigenvalue weighted by Crippen LogP contribution is -2.57. The van der Waals surface area contributed by atoms with E-state index in [2.05, 4.69) is 22.4 Å². The van der Waals surface area contributed by atoms with Gasteiger partial charge in [-0.3, -0.25) is 9.48 Å². The summed E-state index contributed by atoms with van der Waals surface area (Å²) >= 11 is 0. The van der Waals surface area contributed by atoms with Gasteiger partial charge >= 0.3 is 0 Å². The maximum absolute atomic E-state index is 13.3. The molecule has 0 atom stereocenters. The highest BCUT2D eigenvalue weighted by molar-refractivity contribution is 5.85. The molecule has 1 aromatic rings. The fourth-order valence-electron chi connectivity index (χ4n) is 3.78. The molecule has 3 heterocycles. The van der Waals surface area contributed by atoms with Crippen LogP contribution in [0.2, 0.25) is 0 Å². The van der Waals surface area contributed by atoms with Gasteiger partial charge in [0.1, 0.15) is 5.54 Å². The van der Waals surface area contributed by atoms with Crippen LogP contribution in [-0.2, 0) is 10.3 Å². The SMILES string of the molecule is CN1CCC(N(C)C(=O)C2(n3cccn3)CCNCC2)CC1.Cl. The molecule has 0 bridgehead atoms. The Hall–Kier alpha value is -1.11. The van der Waals surface area contributed by atoms with Gasteiger partial charge in [0.2, 0.25) is 0 Å². The van der Waals surface area contributed by atoms with Gasteiger partial charge in [-0.05, 0) is 65.0 Å². The first kappa shape index (κ1) is 18.2. The van der Waals surface area contributed by atoms with Gasteiger partial charge in [0.15, 0.2) is 0 Å². The van der Waals surface area contributed by atoms with Gasteiger partial charge in [-0.2, -0.15) is 5.10 Å². The Balaban J connectivity index is 0.00000192. The number of piperidine rings is 2. The highest BCUT2D eigenvalue weighted by atomic mass is 35.5. The lowest BCUT2D eigenvalue weighted by atomic mass is 9.86. The third kappa shape index (κ3) is 3.54. The average Bonchev–Trinajstić information content (AvgIpc) is 3.10. The Labute approximate surface area is 144 Å². The van der Waals surface area contributed by atoms with Crippen LogP contribution in [0.5, 0.6) is 0 Å². The minimum Gasteiger partial charge on any atom is -0.341 e. The summed E-state index contributed by atoms with van der Waals surface area (Å²) in [6.07, 6.45) is 7.45. The molecule has 0 spiro atoms. The normalized spacial score (nSPS) is 22.3. The van der Waals surface area contributed by atoms with Gasteiger partial charge in [0, 0.05) is 25.5 Å². The summed E-state index contributed by atoms with van der Waals surface area (Å²) in [6.45, 7) is 3.87. The number of carbonyl (C=O) groups excluding carboxylic acids is 1. The topological polar surface area (TPSA) is 53.4 Å². The molecule has 2 aliphatic rings. The predicted octanol–water partition coefficient (Wildman–Crippen LogP) is 0.936. The highest BCUT2D eigenvalue weighted by Gasteiger charge is 2.45. The van der Waals surface area contributed by atoms with Gasteiger partial charge in [-0.25, -0.2) is 0 Å². The summed E-state index contributed by atoms with van der Waals surface area (Å²) in [5.41, 5.74) is -0.507. The van der Waals surface area contributed by atoms with Crippen LogP contribution in [0.25, 0.3) is 0 Å². The van der Waals surface area contributed by atoms with E-state index in [4.69, 9.17) is 0 Å². The Morgan fingerprint density at radius 3 is 2.52 bits per heavy atom. The molecule has 0 aromatic carbocycles.